The van der Waals surface area contributed by atoms with Crippen molar-refractivity contribution >= 4 is 38.4 Å². The smallest absolute Gasteiger partial charge is 0.230 e. The second kappa shape index (κ2) is 5.53. The van der Waals surface area contributed by atoms with E-state index >= 15 is 0 Å². The van der Waals surface area contributed by atoms with Crippen molar-refractivity contribution in [2.75, 3.05) is 0 Å². The fraction of sp³-hybridized carbons (Fsp3) is 0.0435. The SMILES string of the molecule is C=C(c1ccccc1C)c1ncnc2oc3cc4ccccc4cc3c12. The van der Waals surface area contributed by atoms with Gasteiger partial charge in [0, 0.05) is 11.0 Å². The van der Waals surface area contributed by atoms with Gasteiger partial charge in [0.2, 0.25) is 5.71 Å². The Bertz CT molecular complexity index is 1310. The third-order valence-corrected chi connectivity index (χ3v) is 4.89. The molecule has 3 nitrogen and oxygen atoms in total. The first-order valence-electron chi connectivity index (χ1n) is 8.53. The average Bonchev–Trinajstić information content (AvgIpc) is 3.03. The Balaban J connectivity index is 1.84. The van der Waals surface area contributed by atoms with Crippen LogP contribution in [0.3, 0.4) is 0 Å². The van der Waals surface area contributed by atoms with Gasteiger partial charge in [-0.05, 0) is 41.0 Å². The first-order chi connectivity index (χ1) is 12.7. The van der Waals surface area contributed by atoms with E-state index in [1.807, 2.05) is 24.3 Å². The van der Waals surface area contributed by atoms with Gasteiger partial charge in [-0.25, -0.2) is 9.97 Å². The predicted molar refractivity (Wildman–Crippen MR) is 106 cm³/mol. The Kier molecular flexibility index (Phi) is 3.16. The van der Waals surface area contributed by atoms with Crippen LogP contribution in [-0.4, -0.2) is 9.97 Å². The van der Waals surface area contributed by atoms with Crippen LogP contribution in [0.25, 0.3) is 38.4 Å². The molecular formula is C23H16N2O. The summed E-state index contributed by atoms with van der Waals surface area (Å²) < 4.78 is 6.03. The molecule has 0 saturated heterocycles. The molecule has 26 heavy (non-hydrogen) atoms. The highest BCUT2D eigenvalue weighted by Crippen LogP contribution is 2.36. The van der Waals surface area contributed by atoms with Crippen molar-refractivity contribution < 1.29 is 4.42 Å². The topological polar surface area (TPSA) is 38.9 Å². The van der Waals surface area contributed by atoms with Gasteiger partial charge >= 0.3 is 0 Å². The summed E-state index contributed by atoms with van der Waals surface area (Å²) >= 11 is 0. The Morgan fingerprint density at radius 1 is 0.923 bits per heavy atom. The molecule has 0 fully saturated rings. The molecule has 0 saturated carbocycles. The lowest BCUT2D eigenvalue weighted by Crippen LogP contribution is -1.94. The Labute approximate surface area is 150 Å². The van der Waals surface area contributed by atoms with Gasteiger partial charge in [-0.2, -0.15) is 0 Å². The molecule has 0 radical (unpaired) electrons. The third kappa shape index (κ3) is 2.14. The quantitative estimate of drug-likeness (QED) is 0.403. The first kappa shape index (κ1) is 14.8. The molecule has 2 heterocycles. The maximum Gasteiger partial charge on any atom is 0.230 e. The second-order valence-corrected chi connectivity index (χ2v) is 6.49. The van der Waals surface area contributed by atoms with Gasteiger partial charge in [0.05, 0.1) is 11.1 Å². The number of aromatic nitrogens is 2. The average molecular weight is 336 g/mol. The summed E-state index contributed by atoms with van der Waals surface area (Å²) in [5, 5.41) is 4.25. The molecular weight excluding hydrogens is 320 g/mol. The van der Waals surface area contributed by atoms with Crippen molar-refractivity contribution in [2.45, 2.75) is 6.92 Å². The van der Waals surface area contributed by atoms with E-state index in [2.05, 4.69) is 59.9 Å². The number of fused-ring (bicyclic) bond motifs is 4. The van der Waals surface area contributed by atoms with Gasteiger partial charge < -0.3 is 4.42 Å². The Hall–Kier alpha value is -3.46. The van der Waals surface area contributed by atoms with E-state index in [9.17, 15) is 0 Å². The van der Waals surface area contributed by atoms with E-state index < -0.39 is 0 Å². The highest BCUT2D eigenvalue weighted by atomic mass is 16.3. The van der Waals surface area contributed by atoms with E-state index in [1.165, 1.54) is 10.9 Å². The van der Waals surface area contributed by atoms with Crippen LogP contribution >= 0.6 is 0 Å². The predicted octanol–water partition coefficient (Wildman–Crippen LogP) is 5.90. The Morgan fingerprint density at radius 2 is 1.65 bits per heavy atom. The van der Waals surface area contributed by atoms with Crippen LogP contribution in [0.5, 0.6) is 0 Å². The number of nitrogens with zero attached hydrogens (tertiary/aromatic N) is 2. The molecule has 5 aromatic rings. The lowest BCUT2D eigenvalue weighted by atomic mass is 9.96. The van der Waals surface area contributed by atoms with Crippen molar-refractivity contribution in [1.29, 1.82) is 0 Å². The van der Waals surface area contributed by atoms with Crippen LogP contribution in [0.4, 0.5) is 0 Å². The van der Waals surface area contributed by atoms with Crippen LogP contribution < -0.4 is 0 Å². The maximum absolute atomic E-state index is 6.03. The maximum atomic E-state index is 6.03. The van der Waals surface area contributed by atoms with Crippen LogP contribution in [0.2, 0.25) is 0 Å². The van der Waals surface area contributed by atoms with Crippen molar-refractivity contribution in [3.63, 3.8) is 0 Å². The first-order valence-corrected chi connectivity index (χ1v) is 8.53. The van der Waals surface area contributed by atoms with Gasteiger partial charge in [-0.3, -0.25) is 0 Å². The van der Waals surface area contributed by atoms with Crippen molar-refractivity contribution in [1.82, 2.24) is 9.97 Å². The molecule has 0 aliphatic rings. The molecule has 124 valence electrons. The number of benzene rings is 3. The third-order valence-electron chi connectivity index (χ3n) is 4.89. The molecule has 0 N–H and O–H groups in total. The van der Waals surface area contributed by atoms with E-state index in [0.717, 1.165) is 38.6 Å². The second-order valence-electron chi connectivity index (χ2n) is 6.49. The minimum absolute atomic E-state index is 0.593. The Morgan fingerprint density at radius 3 is 2.46 bits per heavy atom. The fourth-order valence-corrected chi connectivity index (χ4v) is 3.56. The zero-order valence-electron chi connectivity index (χ0n) is 14.4. The number of aryl methyl sites for hydroxylation is 1. The summed E-state index contributed by atoms with van der Waals surface area (Å²) in [6.07, 6.45) is 1.54. The van der Waals surface area contributed by atoms with E-state index in [4.69, 9.17) is 4.42 Å². The number of hydrogen-bond donors (Lipinski definition) is 0. The molecule has 3 aromatic carbocycles. The summed E-state index contributed by atoms with van der Waals surface area (Å²) in [7, 11) is 0. The molecule has 0 amide bonds. The largest absolute Gasteiger partial charge is 0.438 e. The molecule has 5 rings (SSSR count). The number of furan rings is 1. The molecule has 3 heteroatoms. The molecule has 2 aromatic heterocycles. The minimum atomic E-state index is 0.593. The van der Waals surface area contributed by atoms with E-state index in [-0.39, 0.29) is 0 Å². The van der Waals surface area contributed by atoms with Gasteiger partial charge in [0.1, 0.15) is 11.9 Å². The molecule has 0 spiro atoms. The minimum Gasteiger partial charge on any atom is -0.438 e. The molecule has 0 atom stereocenters. The summed E-state index contributed by atoms with van der Waals surface area (Å²) in [5.74, 6) is 0. The molecule has 0 bridgehead atoms. The van der Waals surface area contributed by atoms with Crippen molar-refractivity contribution in [2.24, 2.45) is 0 Å². The summed E-state index contributed by atoms with van der Waals surface area (Å²) in [4.78, 5) is 8.91. The van der Waals surface area contributed by atoms with Crippen molar-refractivity contribution in [3.05, 3.63) is 90.4 Å². The van der Waals surface area contributed by atoms with Gasteiger partial charge in [0.25, 0.3) is 0 Å². The van der Waals surface area contributed by atoms with E-state index in [0.29, 0.717) is 5.71 Å². The highest BCUT2D eigenvalue weighted by Gasteiger charge is 2.17. The van der Waals surface area contributed by atoms with Gasteiger partial charge in [-0.1, -0.05) is 55.1 Å². The summed E-state index contributed by atoms with van der Waals surface area (Å²) in [6.45, 7) is 6.41. The number of hydrogen-bond acceptors (Lipinski definition) is 3. The van der Waals surface area contributed by atoms with Crippen LogP contribution in [-0.2, 0) is 0 Å². The normalized spacial score (nSPS) is 11.4. The van der Waals surface area contributed by atoms with Crippen LogP contribution in [0.15, 0.2) is 78.0 Å². The van der Waals surface area contributed by atoms with Crippen LogP contribution in [0.1, 0.15) is 16.8 Å². The monoisotopic (exact) mass is 336 g/mol. The lowest BCUT2D eigenvalue weighted by Gasteiger charge is -2.09. The highest BCUT2D eigenvalue weighted by molar-refractivity contribution is 6.13. The molecule has 0 unspecified atom stereocenters. The standard InChI is InChI=1S/C23H16N2O/c1-14-7-3-6-10-18(14)15(2)22-21-19-11-16-8-4-5-9-17(16)12-20(19)26-23(21)25-13-24-22/h3-13H,2H2,1H3. The van der Waals surface area contributed by atoms with E-state index in [1.54, 1.807) is 6.33 Å². The zero-order chi connectivity index (χ0) is 17.7. The number of rotatable bonds is 2. The van der Waals surface area contributed by atoms with Gasteiger partial charge in [0.15, 0.2) is 0 Å². The van der Waals surface area contributed by atoms with Gasteiger partial charge in [-0.15, -0.1) is 0 Å². The summed E-state index contributed by atoms with van der Waals surface area (Å²) in [5.41, 5.74) is 5.36. The van der Waals surface area contributed by atoms with Crippen LogP contribution in [0, 0.1) is 6.92 Å². The lowest BCUT2D eigenvalue weighted by molar-refractivity contribution is 0.653. The molecule has 0 aliphatic heterocycles. The van der Waals surface area contributed by atoms with Crippen molar-refractivity contribution in [3.8, 4) is 0 Å². The molecule has 0 aliphatic carbocycles. The summed E-state index contributed by atoms with van der Waals surface area (Å²) in [6, 6.07) is 20.7. The fourth-order valence-electron chi connectivity index (χ4n) is 3.56. The zero-order valence-corrected chi connectivity index (χ0v) is 14.4.